The number of likely N-dealkylation sites (tertiary alicyclic amines) is 1. The molecule has 0 spiro atoms. The predicted octanol–water partition coefficient (Wildman–Crippen LogP) is 3.26. The van der Waals surface area contributed by atoms with E-state index < -0.39 is 0 Å². The molecule has 1 aromatic rings. The van der Waals surface area contributed by atoms with Gasteiger partial charge in [-0.15, -0.1) is 0 Å². The summed E-state index contributed by atoms with van der Waals surface area (Å²) in [5.74, 6) is 1.02. The lowest BCUT2D eigenvalue weighted by Gasteiger charge is -2.23. The van der Waals surface area contributed by atoms with Gasteiger partial charge in [-0.05, 0) is 69.1 Å². The molecule has 0 aromatic heterocycles. The van der Waals surface area contributed by atoms with E-state index in [0.29, 0.717) is 0 Å². The molecule has 1 aliphatic rings. The molecule has 0 aliphatic carbocycles. The van der Waals surface area contributed by atoms with Crippen LogP contribution < -0.4 is 9.64 Å². The van der Waals surface area contributed by atoms with Crippen molar-refractivity contribution in [3.05, 3.63) is 29.8 Å². The maximum absolute atomic E-state index is 5.80. The van der Waals surface area contributed by atoms with Gasteiger partial charge in [0.1, 0.15) is 5.75 Å². The minimum absolute atomic E-state index is 0.863. The number of rotatable bonds is 9. The normalized spacial score (nSPS) is 16.0. The highest BCUT2D eigenvalue weighted by atomic mass is 16.5. The van der Waals surface area contributed by atoms with Crippen molar-refractivity contribution in [3.8, 4) is 5.75 Å². The van der Waals surface area contributed by atoms with Crippen molar-refractivity contribution in [2.24, 2.45) is 0 Å². The third kappa shape index (κ3) is 6.52. The Bertz CT molecular complexity index is 368. The third-order valence-electron chi connectivity index (χ3n) is 4.59. The average molecular weight is 290 g/mol. The summed E-state index contributed by atoms with van der Waals surface area (Å²) in [6.07, 6.45) is 10.7. The highest BCUT2D eigenvalue weighted by molar-refractivity contribution is 5.27. The molecule has 118 valence electrons. The Labute approximate surface area is 130 Å². The van der Waals surface area contributed by atoms with Gasteiger partial charge in [-0.25, -0.2) is 0 Å². The second-order valence-corrected chi connectivity index (χ2v) is 6.32. The van der Waals surface area contributed by atoms with Gasteiger partial charge in [0.2, 0.25) is 0 Å². The van der Waals surface area contributed by atoms with E-state index in [1.54, 1.807) is 0 Å². The summed E-state index contributed by atoms with van der Waals surface area (Å²) in [5, 5.41) is 0. The fourth-order valence-corrected chi connectivity index (χ4v) is 3.14. The molecule has 0 amide bonds. The van der Waals surface area contributed by atoms with Crippen molar-refractivity contribution in [2.75, 3.05) is 26.2 Å². The van der Waals surface area contributed by atoms with Gasteiger partial charge in [0.25, 0.3) is 0 Å². The van der Waals surface area contributed by atoms with Crippen molar-refractivity contribution in [3.63, 3.8) is 0 Å². The highest BCUT2D eigenvalue weighted by Crippen LogP contribution is 2.13. The Hall–Kier alpha value is -1.02. The number of aryl methyl sites for hydroxylation is 1. The van der Waals surface area contributed by atoms with Gasteiger partial charge < -0.3 is 9.64 Å². The smallest absolute Gasteiger partial charge is 0.119 e. The molecular formula is C19H32NO+. The summed E-state index contributed by atoms with van der Waals surface area (Å²) in [7, 11) is 0. The molecule has 2 nitrogen and oxygen atoms in total. The molecule has 1 aliphatic heterocycles. The van der Waals surface area contributed by atoms with Crippen LogP contribution in [0.1, 0.15) is 57.4 Å². The fraction of sp³-hybridized carbons (Fsp3) is 0.684. The van der Waals surface area contributed by atoms with E-state index in [-0.39, 0.29) is 0 Å². The molecular weight excluding hydrogens is 258 g/mol. The summed E-state index contributed by atoms with van der Waals surface area (Å²) in [5.41, 5.74) is 1.38. The first kappa shape index (κ1) is 16.4. The molecule has 0 radical (unpaired) electrons. The fourth-order valence-electron chi connectivity index (χ4n) is 3.14. The Balaban J connectivity index is 1.46. The number of hydrogen-bond donors (Lipinski definition) is 1. The van der Waals surface area contributed by atoms with E-state index >= 15 is 0 Å². The van der Waals surface area contributed by atoms with Crippen molar-refractivity contribution in [2.45, 2.75) is 58.3 Å². The number of piperidine rings is 1. The van der Waals surface area contributed by atoms with Crippen LogP contribution in [0.5, 0.6) is 5.75 Å². The number of unbranched alkanes of at least 4 members (excludes halogenated alkanes) is 3. The second kappa shape index (κ2) is 9.83. The van der Waals surface area contributed by atoms with E-state index in [2.05, 4.69) is 31.2 Å². The molecule has 2 rings (SSSR count). The SMILES string of the molecule is CCc1ccc(OCCCCCC[NH+]2CCCCC2)cc1. The molecule has 21 heavy (non-hydrogen) atoms. The van der Waals surface area contributed by atoms with Crippen LogP contribution >= 0.6 is 0 Å². The van der Waals surface area contributed by atoms with Gasteiger partial charge in [0.15, 0.2) is 0 Å². The molecule has 1 fully saturated rings. The van der Waals surface area contributed by atoms with Crippen LogP contribution in [-0.2, 0) is 6.42 Å². The summed E-state index contributed by atoms with van der Waals surface area (Å²) in [4.78, 5) is 1.84. The maximum atomic E-state index is 5.80. The zero-order valence-electron chi connectivity index (χ0n) is 13.7. The summed E-state index contributed by atoms with van der Waals surface area (Å²) in [6, 6.07) is 8.52. The van der Waals surface area contributed by atoms with Gasteiger partial charge in [-0.2, -0.15) is 0 Å². The molecule has 0 atom stereocenters. The van der Waals surface area contributed by atoms with Crippen LogP contribution in [0.2, 0.25) is 0 Å². The Morgan fingerprint density at radius 1 is 0.905 bits per heavy atom. The monoisotopic (exact) mass is 290 g/mol. The number of ether oxygens (including phenoxy) is 1. The lowest BCUT2D eigenvalue weighted by Crippen LogP contribution is -3.12. The van der Waals surface area contributed by atoms with E-state index in [9.17, 15) is 0 Å². The lowest BCUT2D eigenvalue weighted by atomic mass is 10.1. The van der Waals surface area contributed by atoms with Gasteiger partial charge in [0, 0.05) is 0 Å². The van der Waals surface area contributed by atoms with Crippen molar-refractivity contribution < 1.29 is 9.64 Å². The zero-order valence-corrected chi connectivity index (χ0v) is 13.7. The molecule has 0 bridgehead atoms. The molecule has 1 aromatic carbocycles. The van der Waals surface area contributed by atoms with Crippen LogP contribution in [0.4, 0.5) is 0 Å². The third-order valence-corrected chi connectivity index (χ3v) is 4.59. The van der Waals surface area contributed by atoms with Crippen molar-refractivity contribution in [1.82, 2.24) is 0 Å². The standard InChI is InChI=1S/C19H31NO/c1-2-18-10-12-19(13-11-18)21-17-9-4-3-6-14-20-15-7-5-8-16-20/h10-13H,2-9,14-17H2,1H3/p+1. The summed E-state index contributed by atoms with van der Waals surface area (Å²) >= 11 is 0. The quantitative estimate of drug-likeness (QED) is 0.689. The topological polar surface area (TPSA) is 13.7 Å². The van der Waals surface area contributed by atoms with Crippen LogP contribution in [0.3, 0.4) is 0 Å². The molecule has 0 saturated carbocycles. The molecule has 0 unspecified atom stereocenters. The Morgan fingerprint density at radius 2 is 1.62 bits per heavy atom. The first-order chi connectivity index (χ1) is 10.4. The summed E-state index contributed by atoms with van der Waals surface area (Å²) in [6.45, 7) is 7.26. The van der Waals surface area contributed by atoms with E-state index in [1.807, 2.05) is 4.90 Å². The summed E-state index contributed by atoms with van der Waals surface area (Å²) < 4.78 is 5.80. The Kier molecular flexibility index (Phi) is 7.66. The van der Waals surface area contributed by atoms with E-state index in [4.69, 9.17) is 4.74 Å². The van der Waals surface area contributed by atoms with E-state index in [1.165, 1.54) is 70.1 Å². The molecule has 1 saturated heterocycles. The largest absolute Gasteiger partial charge is 0.494 e. The number of quaternary nitrogens is 1. The maximum Gasteiger partial charge on any atom is 0.119 e. The van der Waals surface area contributed by atoms with Gasteiger partial charge in [-0.1, -0.05) is 19.1 Å². The van der Waals surface area contributed by atoms with E-state index in [0.717, 1.165) is 18.8 Å². The van der Waals surface area contributed by atoms with Crippen LogP contribution in [-0.4, -0.2) is 26.2 Å². The van der Waals surface area contributed by atoms with Crippen LogP contribution in [0, 0.1) is 0 Å². The first-order valence-corrected chi connectivity index (χ1v) is 8.94. The Morgan fingerprint density at radius 3 is 2.33 bits per heavy atom. The molecule has 1 N–H and O–H groups in total. The van der Waals surface area contributed by atoms with Crippen molar-refractivity contribution >= 4 is 0 Å². The van der Waals surface area contributed by atoms with Crippen LogP contribution in [0.25, 0.3) is 0 Å². The zero-order chi connectivity index (χ0) is 14.8. The minimum Gasteiger partial charge on any atom is -0.494 e. The van der Waals surface area contributed by atoms with Crippen LogP contribution in [0.15, 0.2) is 24.3 Å². The number of hydrogen-bond acceptors (Lipinski definition) is 1. The molecule has 1 heterocycles. The minimum atomic E-state index is 0.863. The van der Waals surface area contributed by atoms with Gasteiger partial charge in [0.05, 0.1) is 26.2 Å². The predicted molar refractivity (Wildman–Crippen MR) is 89.2 cm³/mol. The number of nitrogens with one attached hydrogen (secondary N) is 1. The first-order valence-electron chi connectivity index (χ1n) is 8.94. The molecule has 2 heteroatoms. The van der Waals surface area contributed by atoms with Gasteiger partial charge in [-0.3, -0.25) is 0 Å². The lowest BCUT2D eigenvalue weighted by molar-refractivity contribution is -0.905. The second-order valence-electron chi connectivity index (χ2n) is 6.32. The average Bonchev–Trinajstić information content (AvgIpc) is 2.55. The highest BCUT2D eigenvalue weighted by Gasteiger charge is 2.12. The van der Waals surface area contributed by atoms with Crippen molar-refractivity contribution in [1.29, 1.82) is 0 Å². The number of benzene rings is 1. The van der Waals surface area contributed by atoms with Gasteiger partial charge >= 0.3 is 0 Å².